The van der Waals surface area contributed by atoms with Crippen LogP contribution in [-0.4, -0.2) is 52.9 Å². The molecule has 0 N–H and O–H groups in total. The van der Waals surface area contributed by atoms with E-state index in [2.05, 4.69) is 10.2 Å². The molecule has 0 unspecified atom stereocenters. The van der Waals surface area contributed by atoms with E-state index >= 15 is 0 Å². The highest BCUT2D eigenvalue weighted by Gasteiger charge is 2.28. The minimum Gasteiger partial charge on any atom is -0.469 e. The minimum absolute atomic E-state index is 0.00967. The second-order valence-electron chi connectivity index (χ2n) is 5.85. The monoisotopic (exact) mass is 395 g/mol. The Labute approximate surface area is 160 Å². The Morgan fingerprint density at radius 1 is 1.27 bits per heavy atom. The molecule has 0 aliphatic carbocycles. The van der Waals surface area contributed by atoms with Crippen molar-refractivity contribution in [2.75, 3.05) is 26.0 Å². The lowest BCUT2D eigenvalue weighted by atomic mass is 9.97. The average Bonchev–Trinajstić information content (AvgIpc) is 3.15. The van der Waals surface area contributed by atoms with Crippen LogP contribution in [0.25, 0.3) is 11.5 Å². The molecule has 1 aliphatic rings. The van der Waals surface area contributed by atoms with Crippen LogP contribution in [0, 0.1) is 5.92 Å². The van der Waals surface area contributed by atoms with E-state index in [1.54, 1.807) is 29.2 Å². The van der Waals surface area contributed by atoms with Crippen molar-refractivity contribution in [3.05, 3.63) is 29.3 Å². The maximum absolute atomic E-state index is 12.3. The van der Waals surface area contributed by atoms with Crippen molar-refractivity contribution < 1.29 is 18.7 Å². The molecule has 0 spiro atoms. The summed E-state index contributed by atoms with van der Waals surface area (Å²) in [4.78, 5) is 25.6. The number of hydrogen-bond donors (Lipinski definition) is 0. The number of likely N-dealkylation sites (tertiary alicyclic amines) is 1. The summed E-state index contributed by atoms with van der Waals surface area (Å²) >= 11 is 7.06. The van der Waals surface area contributed by atoms with E-state index < -0.39 is 0 Å². The molecule has 3 rings (SSSR count). The van der Waals surface area contributed by atoms with Gasteiger partial charge in [-0.25, -0.2) is 0 Å². The number of rotatable bonds is 5. The predicted molar refractivity (Wildman–Crippen MR) is 96.8 cm³/mol. The van der Waals surface area contributed by atoms with Gasteiger partial charge in [0, 0.05) is 23.7 Å². The maximum Gasteiger partial charge on any atom is 0.308 e. The van der Waals surface area contributed by atoms with Crippen molar-refractivity contribution in [3.8, 4) is 11.5 Å². The van der Waals surface area contributed by atoms with Crippen LogP contribution in [0.3, 0.4) is 0 Å². The van der Waals surface area contributed by atoms with Gasteiger partial charge in [0.1, 0.15) is 0 Å². The first-order valence-electron chi connectivity index (χ1n) is 8.14. The van der Waals surface area contributed by atoms with E-state index in [9.17, 15) is 9.59 Å². The van der Waals surface area contributed by atoms with Crippen molar-refractivity contribution >= 4 is 35.2 Å². The Balaban J connectivity index is 1.49. The lowest BCUT2D eigenvalue weighted by Crippen LogP contribution is -2.41. The van der Waals surface area contributed by atoms with Crippen LogP contribution in [-0.2, 0) is 14.3 Å². The number of thioether (sulfide) groups is 1. The van der Waals surface area contributed by atoms with Crippen LogP contribution in [0.15, 0.2) is 33.9 Å². The molecule has 1 aromatic carbocycles. The van der Waals surface area contributed by atoms with Crippen LogP contribution in [0.4, 0.5) is 0 Å². The number of amides is 1. The molecule has 0 atom stereocenters. The van der Waals surface area contributed by atoms with E-state index in [1.165, 1.54) is 18.9 Å². The zero-order valence-electron chi connectivity index (χ0n) is 14.2. The molecule has 1 amide bonds. The largest absolute Gasteiger partial charge is 0.469 e. The van der Waals surface area contributed by atoms with Crippen molar-refractivity contribution in [1.29, 1.82) is 0 Å². The molecule has 7 nitrogen and oxygen atoms in total. The molecular weight excluding hydrogens is 378 g/mol. The summed E-state index contributed by atoms with van der Waals surface area (Å²) < 4.78 is 10.3. The van der Waals surface area contributed by atoms with Crippen molar-refractivity contribution in [2.24, 2.45) is 5.92 Å². The highest BCUT2D eigenvalue weighted by atomic mass is 35.5. The fourth-order valence-corrected chi connectivity index (χ4v) is 3.52. The van der Waals surface area contributed by atoms with Crippen LogP contribution in [0.5, 0.6) is 0 Å². The van der Waals surface area contributed by atoms with Gasteiger partial charge in [-0.3, -0.25) is 9.59 Å². The molecule has 2 heterocycles. The summed E-state index contributed by atoms with van der Waals surface area (Å²) in [5, 5.41) is 8.92. The number of piperidine rings is 1. The number of aromatic nitrogens is 2. The summed E-state index contributed by atoms with van der Waals surface area (Å²) in [6.45, 7) is 1.11. The zero-order valence-corrected chi connectivity index (χ0v) is 15.8. The van der Waals surface area contributed by atoms with Gasteiger partial charge in [0.05, 0.1) is 18.8 Å². The molecule has 0 radical (unpaired) electrons. The summed E-state index contributed by atoms with van der Waals surface area (Å²) in [5.41, 5.74) is 0.768. The number of hydrogen-bond acceptors (Lipinski definition) is 7. The van der Waals surface area contributed by atoms with Gasteiger partial charge in [-0.1, -0.05) is 23.4 Å². The molecule has 0 saturated carbocycles. The van der Waals surface area contributed by atoms with Crippen molar-refractivity contribution in [1.82, 2.24) is 15.1 Å². The van der Waals surface area contributed by atoms with Gasteiger partial charge in [-0.05, 0) is 37.1 Å². The SMILES string of the molecule is COC(=O)C1CCN(C(=O)CSc2nnc(-c3ccc(Cl)cc3)o2)CC1. The Morgan fingerprint density at radius 2 is 1.96 bits per heavy atom. The molecular formula is C17H18ClN3O4S. The molecule has 0 bridgehead atoms. The third-order valence-corrected chi connectivity index (χ3v) is 5.25. The first-order valence-corrected chi connectivity index (χ1v) is 9.51. The third-order valence-electron chi connectivity index (χ3n) is 4.20. The van der Waals surface area contributed by atoms with E-state index in [0.717, 1.165) is 5.56 Å². The fourth-order valence-electron chi connectivity index (χ4n) is 2.72. The lowest BCUT2D eigenvalue weighted by molar-refractivity contribution is -0.148. The first kappa shape index (κ1) is 18.7. The molecule has 9 heteroatoms. The lowest BCUT2D eigenvalue weighted by Gasteiger charge is -2.30. The molecule has 138 valence electrons. The number of esters is 1. The molecule has 1 aromatic heterocycles. The number of benzene rings is 1. The van der Waals surface area contributed by atoms with Crippen molar-refractivity contribution in [2.45, 2.75) is 18.1 Å². The number of ether oxygens (including phenoxy) is 1. The summed E-state index contributed by atoms with van der Waals surface area (Å²) in [6.07, 6.45) is 1.26. The number of nitrogens with zero attached hydrogens (tertiary/aromatic N) is 3. The number of halogens is 1. The first-order chi connectivity index (χ1) is 12.6. The van der Waals surface area contributed by atoms with Gasteiger partial charge in [0.2, 0.25) is 11.8 Å². The molecule has 1 saturated heterocycles. The Hall–Kier alpha value is -2.06. The molecule has 2 aromatic rings. The van der Waals surface area contributed by atoms with Crippen LogP contribution >= 0.6 is 23.4 Å². The average molecular weight is 396 g/mol. The maximum atomic E-state index is 12.3. The quantitative estimate of drug-likeness (QED) is 0.568. The van der Waals surface area contributed by atoms with Crippen LogP contribution in [0.1, 0.15) is 12.8 Å². The topological polar surface area (TPSA) is 85.5 Å². The minimum atomic E-state index is -0.202. The van der Waals surface area contributed by atoms with Gasteiger partial charge in [0.25, 0.3) is 5.22 Å². The van der Waals surface area contributed by atoms with Gasteiger partial charge < -0.3 is 14.1 Å². The van der Waals surface area contributed by atoms with Gasteiger partial charge in [0.15, 0.2) is 0 Å². The van der Waals surface area contributed by atoms with E-state index in [1.807, 2.05) is 0 Å². The Kier molecular flexibility index (Phi) is 6.16. The zero-order chi connectivity index (χ0) is 18.5. The predicted octanol–water partition coefficient (Wildman–Crippen LogP) is 2.89. The number of methoxy groups -OCH3 is 1. The number of carbonyl (C=O) groups excluding carboxylic acids is 2. The molecule has 26 heavy (non-hydrogen) atoms. The Bertz CT molecular complexity index is 773. The van der Waals surface area contributed by atoms with E-state index in [4.69, 9.17) is 20.8 Å². The number of carbonyl (C=O) groups is 2. The fraction of sp³-hybridized carbons (Fsp3) is 0.412. The standard InChI is InChI=1S/C17H18ClN3O4S/c1-24-16(23)12-6-8-21(9-7-12)14(22)10-26-17-20-19-15(25-17)11-2-4-13(18)5-3-11/h2-5,12H,6-10H2,1H3. The summed E-state index contributed by atoms with van der Waals surface area (Å²) in [5.74, 6) is 0.271. The molecule has 1 fully saturated rings. The smallest absolute Gasteiger partial charge is 0.308 e. The summed E-state index contributed by atoms with van der Waals surface area (Å²) in [6, 6.07) is 7.08. The van der Waals surface area contributed by atoms with Gasteiger partial charge in [-0.2, -0.15) is 0 Å². The van der Waals surface area contributed by atoms with Crippen LogP contribution < -0.4 is 0 Å². The third kappa shape index (κ3) is 4.56. The van der Waals surface area contributed by atoms with E-state index in [0.29, 0.717) is 42.1 Å². The second kappa shape index (κ2) is 8.55. The highest BCUT2D eigenvalue weighted by molar-refractivity contribution is 7.99. The van der Waals surface area contributed by atoms with Crippen LogP contribution in [0.2, 0.25) is 5.02 Å². The highest BCUT2D eigenvalue weighted by Crippen LogP contribution is 2.25. The molecule has 1 aliphatic heterocycles. The van der Waals surface area contributed by atoms with Crippen molar-refractivity contribution in [3.63, 3.8) is 0 Å². The van der Waals surface area contributed by atoms with E-state index in [-0.39, 0.29) is 23.5 Å². The van der Waals surface area contributed by atoms with Gasteiger partial charge >= 0.3 is 5.97 Å². The summed E-state index contributed by atoms with van der Waals surface area (Å²) in [7, 11) is 1.39. The normalized spacial score (nSPS) is 15.1. The van der Waals surface area contributed by atoms with Gasteiger partial charge in [-0.15, -0.1) is 10.2 Å². The second-order valence-corrected chi connectivity index (χ2v) is 7.21. The Morgan fingerprint density at radius 3 is 2.62 bits per heavy atom.